The monoisotopic (exact) mass is 569 g/mol. The number of nitrogens with one attached hydrogen (secondary N) is 1. The summed E-state index contributed by atoms with van der Waals surface area (Å²) in [4.78, 5) is 29.1. The maximum absolute atomic E-state index is 14.0. The fourth-order valence-electron chi connectivity index (χ4n) is 4.28. The first-order chi connectivity index (χ1) is 18.6. The van der Waals surface area contributed by atoms with Crippen LogP contribution in [0.2, 0.25) is 5.02 Å². The summed E-state index contributed by atoms with van der Waals surface area (Å²) in [6.07, 6.45) is 3.06. The molecule has 3 aromatic carbocycles. The van der Waals surface area contributed by atoms with Gasteiger partial charge in [-0.3, -0.25) is 13.9 Å². The summed E-state index contributed by atoms with van der Waals surface area (Å²) in [5, 5.41) is 3.33. The number of carbonyl (C=O) groups is 2. The molecule has 0 saturated carbocycles. The Bertz CT molecular complexity index is 1370. The molecule has 0 radical (unpaired) electrons. The highest BCUT2D eigenvalue weighted by molar-refractivity contribution is 7.92. The Morgan fingerprint density at radius 1 is 0.974 bits per heavy atom. The van der Waals surface area contributed by atoms with Crippen LogP contribution in [0.4, 0.5) is 5.69 Å². The number of halogens is 1. The summed E-state index contributed by atoms with van der Waals surface area (Å²) >= 11 is 6.14. The molecule has 39 heavy (non-hydrogen) atoms. The summed E-state index contributed by atoms with van der Waals surface area (Å²) in [5.74, 6) is -0.766. The summed E-state index contributed by atoms with van der Waals surface area (Å²) in [5.41, 5.74) is 3.01. The average Bonchev–Trinajstić information content (AvgIpc) is 2.90. The molecule has 1 unspecified atom stereocenters. The second kappa shape index (κ2) is 14.1. The minimum absolute atomic E-state index is 0.150. The van der Waals surface area contributed by atoms with Gasteiger partial charge >= 0.3 is 0 Å². The fraction of sp³-hybridized carbons (Fsp3) is 0.333. The molecule has 7 nitrogen and oxygen atoms in total. The van der Waals surface area contributed by atoms with Crippen LogP contribution in [0.5, 0.6) is 0 Å². The van der Waals surface area contributed by atoms with Crippen LogP contribution in [0.25, 0.3) is 0 Å². The van der Waals surface area contributed by atoms with Crippen molar-refractivity contribution in [2.45, 2.75) is 45.7 Å². The Morgan fingerprint density at radius 2 is 1.67 bits per heavy atom. The highest BCUT2D eigenvalue weighted by Gasteiger charge is 2.33. The van der Waals surface area contributed by atoms with E-state index in [1.807, 2.05) is 68.4 Å². The van der Waals surface area contributed by atoms with E-state index in [0.717, 1.165) is 40.1 Å². The summed E-state index contributed by atoms with van der Waals surface area (Å²) in [7, 11) is -3.84. The van der Waals surface area contributed by atoms with Crippen LogP contribution in [0.15, 0.2) is 78.9 Å². The highest BCUT2D eigenvalue weighted by atomic mass is 35.5. The van der Waals surface area contributed by atoms with Gasteiger partial charge < -0.3 is 10.2 Å². The Labute approximate surface area is 236 Å². The van der Waals surface area contributed by atoms with Crippen LogP contribution >= 0.6 is 11.6 Å². The molecule has 0 heterocycles. The van der Waals surface area contributed by atoms with Crippen molar-refractivity contribution in [3.8, 4) is 0 Å². The lowest BCUT2D eigenvalue weighted by atomic mass is 10.0. The Kier molecular flexibility index (Phi) is 10.9. The van der Waals surface area contributed by atoms with Gasteiger partial charge in [0.2, 0.25) is 21.8 Å². The van der Waals surface area contributed by atoms with E-state index in [2.05, 4.69) is 5.32 Å². The zero-order valence-corrected chi connectivity index (χ0v) is 24.2. The van der Waals surface area contributed by atoms with Gasteiger partial charge in [-0.25, -0.2) is 8.42 Å². The standard InChI is InChI=1S/C30H36ClN3O4S/c1-4-5-18-32-30(36)28(19-24-13-7-6-8-14-24)33(21-25-15-10-9-12-23(25)2)29(35)22-34(39(3,37)38)27-17-11-16-26(31)20-27/h6-17,20,28H,4-5,18-19,21-22H2,1-3H3,(H,32,36). The van der Waals surface area contributed by atoms with Crippen molar-refractivity contribution in [1.29, 1.82) is 0 Å². The molecule has 2 amide bonds. The van der Waals surface area contributed by atoms with E-state index in [0.29, 0.717) is 11.6 Å². The number of hydrogen-bond acceptors (Lipinski definition) is 4. The van der Waals surface area contributed by atoms with Gasteiger partial charge in [0.1, 0.15) is 12.6 Å². The van der Waals surface area contributed by atoms with Crippen molar-refractivity contribution >= 4 is 39.1 Å². The van der Waals surface area contributed by atoms with Crippen LogP contribution in [-0.4, -0.2) is 50.5 Å². The molecule has 208 valence electrons. The first-order valence-corrected chi connectivity index (χ1v) is 15.2. The van der Waals surface area contributed by atoms with Crippen LogP contribution < -0.4 is 9.62 Å². The number of sulfonamides is 1. The molecule has 0 saturated heterocycles. The number of anilines is 1. The minimum atomic E-state index is -3.84. The smallest absolute Gasteiger partial charge is 0.244 e. The zero-order chi connectivity index (χ0) is 28.4. The van der Waals surface area contributed by atoms with E-state index in [9.17, 15) is 18.0 Å². The maximum atomic E-state index is 14.0. The van der Waals surface area contributed by atoms with Crippen molar-refractivity contribution in [3.05, 3.63) is 101 Å². The third-order valence-electron chi connectivity index (χ3n) is 6.48. The molecular weight excluding hydrogens is 534 g/mol. The number of nitrogens with zero attached hydrogens (tertiary/aromatic N) is 2. The molecule has 0 aliphatic rings. The minimum Gasteiger partial charge on any atom is -0.354 e. The third-order valence-corrected chi connectivity index (χ3v) is 7.85. The van der Waals surface area contributed by atoms with Crippen LogP contribution in [0.3, 0.4) is 0 Å². The highest BCUT2D eigenvalue weighted by Crippen LogP contribution is 2.23. The number of rotatable bonds is 13. The second-order valence-electron chi connectivity index (χ2n) is 9.55. The summed E-state index contributed by atoms with van der Waals surface area (Å²) in [6.45, 7) is 4.15. The molecule has 1 atom stereocenters. The normalized spacial score (nSPS) is 12.0. The summed E-state index contributed by atoms with van der Waals surface area (Å²) in [6, 6.07) is 22.7. The largest absolute Gasteiger partial charge is 0.354 e. The molecule has 3 rings (SSSR count). The van der Waals surface area contributed by atoms with Crippen molar-refractivity contribution < 1.29 is 18.0 Å². The van der Waals surface area contributed by atoms with Crippen molar-refractivity contribution in [1.82, 2.24) is 10.2 Å². The quantitative estimate of drug-likeness (QED) is 0.294. The second-order valence-corrected chi connectivity index (χ2v) is 11.9. The van der Waals surface area contributed by atoms with E-state index in [1.165, 1.54) is 11.0 Å². The van der Waals surface area contributed by atoms with Crippen molar-refractivity contribution in [2.24, 2.45) is 0 Å². The molecule has 0 spiro atoms. The molecule has 0 fully saturated rings. The fourth-order valence-corrected chi connectivity index (χ4v) is 5.30. The van der Waals surface area contributed by atoms with E-state index in [4.69, 9.17) is 11.6 Å². The molecule has 0 aliphatic heterocycles. The van der Waals surface area contributed by atoms with Crippen molar-refractivity contribution in [3.63, 3.8) is 0 Å². The van der Waals surface area contributed by atoms with E-state index < -0.39 is 28.5 Å². The third kappa shape index (κ3) is 8.83. The van der Waals surface area contributed by atoms with Crippen LogP contribution in [0.1, 0.15) is 36.5 Å². The van der Waals surface area contributed by atoms with E-state index in [1.54, 1.807) is 18.2 Å². The molecule has 0 aliphatic carbocycles. The number of aryl methyl sites for hydroxylation is 1. The van der Waals surface area contributed by atoms with Crippen molar-refractivity contribution in [2.75, 3.05) is 23.7 Å². The van der Waals surface area contributed by atoms with Gasteiger partial charge in [0, 0.05) is 24.5 Å². The van der Waals surface area contributed by atoms with Gasteiger partial charge in [-0.15, -0.1) is 0 Å². The van der Waals surface area contributed by atoms with E-state index in [-0.39, 0.29) is 24.6 Å². The first kappa shape index (κ1) is 30.2. The lowest BCUT2D eigenvalue weighted by Crippen LogP contribution is -2.53. The number of carbonyl (C=O) groups excluding carboxylic acids is 2. The molecule has 1 N–H and O–H groups in total. The Balaban J connectivity index is 2.04. The SMILES string of the molecule is CCCCNC(=O)C(Cc1ccccc1)N(Cc1ccccc1C)C(=O)CN(c1cccc(Cl)c1)S(C)(=O)=O. The molecule has 3 aromatic rings. The van der Waals surface area contributed by atoms with Gasteiger partial charge in [-0.2, -0.15) is 0 Å². The predicted octanol–water partition coefficient (Wildman–Crippen LogP) is 4.97. The molecule has 9 heteroatoms. The number of hydrogen-bond donors (Lipinski definition) is 1. The lowest BCUT2D eigenvalue weighted by molar-refractivity contribution is -0.140. The number of unbranched alkanes of at least 4 members (excludes halogenated alkanes) is 1. The van der Waals surface area contributed by atoms with Crippen LogP contribution in [-0.2, 0) is 32.6 Å². The topological polar surface area (TPSA) is 86.8 Å². The predicted molar refractivity (Wildman–Crippen MR) is 157 cm³/mol. The van der Waals surface area contributed by atoms with Crippen LogP contribution in [0, 0.1) is 6.92 Å². The average molecular weight is 570 g/mol. The van der Waals surface area contributed by atoms with Gasteiger partial charge in [0.05, 0.1) is 11.9 Å². The Hall–Kier alpha value is -3.36. The van der Waals surface area contributed by atoms with Gasteiger partial charge in [0.15, 0.2) is 0 Å². The first-order valence-electron chi connectivity index (χ1n) is 13.0. The molecular formula is C30H36ClN3O4S. The number of amides is 2. The van der Waals surface area contributed by atoms with E-state index >= 15 is 0 Å². The number of benzene rings is 3. The van der Waals surface area contributed by atoms with Gasteiger partial charge in [0.25, 0.3) is 0 Å². The van der Waals surface area contributed by atoms with Gasteiger partial charge in [-0.05, 0) is 48.2 Å². The maximum Gasteiger partial charge on any atom is 0.244 e. The Morgan fingerprint density at radius 3 is 2.31 bits per heavy atom. The molecule has 0 aromatic heterocycles. The zero-order valence-electron chi connectivity index (χ0n) is 22.6. The molecule has 0 bridgehead atoms. The lowest BCUT2D eigenvalue weighted by Gasteiger charge is -2.34. The summed E-state index contributed by atoms with van der Waals surface area (Å²) < 4.78 is 26.7. The van der Waals surface area contributed by atoms with Gasteiger partial charge in [-0.1, -0.05) is 85.6 Å².